The maximum Gasteiger partial charge on any atom is 0.416 e. The fraction of sp³-hybridized carbons (Fsp3) is 0.438. The third kappa shape index (κ3) is 3.83. The Labute approximate surface area is 137 Å². The lowest BCUT2D eigenvalue weighted by Gasteiger charge is -2.17. The number of nitrogens with two attached hydrogens (primary N) is 1. The number of rotatable bonds is 5. The van der Waals surface area contributed by atoms with Crippen molar-refractivity contribution in [1.29, 1.82) is 0 Å². The van der Waals surface area contributed by atoms with E-state index in [1.165, 1.54) is 12.1 Å². The first-order chi connectivity index (χ1) is 10.8. The Balaban J connectivity index is 2.27. The van der Waals surface area contributed by atoms with Crippen molar-refractivity contribution in [2.75, 3.05) is 5.75 Å². The van der Waals surface area contributed by atoms with Gasteiger partial charge in [-0.25, -0.2) is 0 Å². The molecule has 3 nitrogen and oxygen atoms in total. The molecule has 0 saturated carbocycles. The summed E-state index contributed by atoms with van der Waals surface area (Å²) in [5.41, 5.74) is 5.11. The second-order valence-electron chi connectivity index (χ2n) is 5.30. The molecular weight excluding hydrogens is 327 g/mol. The van der Waals surface area contributed by atoms with Crippen molar-refractivity contribution in [3.63, 3.8) is 0 Å². The van der Waals surface area contributed by atoms with Gasteiger partial charge >= 0.3 is 6.18 Å². The summed E-state index contributed by atoms with van der Waals surface area (Å²) in [5, 5.41) is -0.121. The van der Waals surface area contributed by atoms with Crippen molar-refractivity contribution in [2.45, 2.75) is 37.8 Å². The van der Waals surface area contributed by atoms with Crippen LogP contribution in [0, 0.1) is 0 Å². The van der Waals surface area contributed by atoms with Gasteiger partial charge in [-0.3, -0.25) is 4.79 Å². The number of ether oxygens (including phenoxy) is 1. The highest BCUT2D eigenvalue weighted by Gasteiger charge is 2.39. The Hall–Kier alpha value is -1.63. The quantitative estimate of drug-likeness (QED) is 0.881. The first kappa shape index (κ1) is 17.7. The minimum Gasteiger partial charge on any atom is -0.466 e. The highest BCUT2D eigenvalue weighted by atomic mass is 32.2. The maximum absolute atomic E-state index is 12.8. The molecule has 7 heteroatoms. The number of alkyl halides is 3. The molecule has 1 aliphatic rings. The SMILES string of the molecule is CCCSC(C)C1OC(N)=C(c2cccc(C(F)(F)F)c2)C1=O. The third-order valence-corrected chi connectivity index (χ3v) is 4.91. The van der Waals surface area contributed by atoms with Gasteiger partial charge in [-0.1, -0.05) is 19.1 Å². The van der Waals surface area contributed by atoms with Crippen molar-refractivity contribution < 1.29 is 22.7 Å². The standard InChI is InChI=1S/C16H18F3NO2S/c1-3-7-23-9(2)14-13(21)12(15(20)22-14)10-5-4-6-11(8-10)16(17,18)19/h4-6,8-9,14H,3,7,20H2,1-2H3. The number of Topliss-reactive ketones (excluding diaryl/α,β-unsaturated/α-hetero) is 1. The first-order valence-electron chi connectivity index (χ1n) is 7.25. The number of carbonyl (C=O) groups excluding carboxylic acids is 1. The smallest absolute Gasteiger partial charge is 0.416 e. The third-order valence-electron chi connectivity index (χ3n) is 3.49. The van der Waals surface area contributed by atoms with E-state index in [-0.39, 0.29) is 28.1 Å². The molecule has 0 amide bonds. The molecule has 2 rings (SSSR count). The largest absolute Gasteiger partial charge is 0.466 e. The van der Waals surface area contributed by atoms with Crippen molar-refractivity contribution in [3.05, 3.63) is 41.3 Å². The summed E-state index contributed by atoms with van der Waals surface area (Å²) in [5.74, 6) is 0.397. The number of carbonyl (C=O) groups is 1. The molecule has 0 bridgehead atoms. The molecule has 2 atom stereocenters. The minimum absolute atomic E-state index is 0.0325. The van der Waals surface area contributed by atoms with Gasteiger partial charge < -0.3 is 10.5 Å². The monoisotopic (exact) mass is 345 g/mol. The Morgan fingerprint density at radius 3 is 2.70 bits per heavy atom. The van der Waals surface area contributed by atoms with E-state index in [1.807, 2.05) is 13.8 Å². The van der Waals surface area contributed by atoms with E-state index in [2.05, 4.69) is 0 Å². The molecular formula is C16H18F3NO2S. The molecule has 0 aliphatic carbocycles. The van der Waals surface area contributed by atoms with E-state index in [9.17, 15) is 18.0 Å². The minimum atomic E-state index is -4.47. The van der Waals surface area contributed by atoms with Gasteiger partial charge in [-0.2, -0.15) is 24.9 Å². The molecule has 1 aromatic rings. The molecule has 126 valence electrons. The molecule has 0 spiro atoms. The van der Waals surface area contributed by atoms with Crippen LogP contribution in [-0.4, -0.2) is 22.9 Å². The van der Waals surface area contributed by atoms with E-state index in [0.29, 0.717) is 0 Å². The number of hydrogen-bond donors (Lipinski definition) is 1. The van der Waals surface area contributed by atoms with Crippen molar-refractivity contribution in [3.8, 4) is 0 Å². The summed E-state index contributed by atoms with van der Waals surface area (Å²) >= 11 is 1.58. The van der Waals surface area contributed by atoms with Crippen molar-refractivity contribution in [1.82, 2.24) is 0 Å². The second kappa shape index (κ2) is 6.86. The van der Waals surface area contributed by atoms with Gasteiger partial charge in [0.15, 0.2) is 12.0 Å². The molecule has 0 aromatic heterocycles. The van der Waals surface area contributed by atoms with Gasteiger partial charge in [0, 0.05) is 5.25 Å². The van der Waals surface area contributed by atoms with Gasteiger partial charge in [-0.15, -0.1) is 0 Å². The Bertz CT molecular complexity index is 628. The van der Waals surface area contributed by atoms with Gasteiger partial charge in [0.2, 0.25) is 5.78 Å². The van der Waals surface area contributed by atoms with Crippen molar-refractivity contribution >= 4 is 23.1 Å². The summed E-state index contributed by atoms with van der Waals surface area (Å²) in [4.78, 5) is 12.5. The van der Waals surface area contributed by atoms with Gasteiger partial charge in [0.25, 0.3) is 0 Å². The summed E-state index contributed by atoms with van der Waals surface area (Å²) in [6.07, 6.45) is -4.27. The molecule has 1 heterocycles. The predicted molar refractivity (Wildman–Crippen MR) is 84.6 cm³/mol. The van der Waals surface area contributed by atoms with Crippen LogP contribution in [0.4, 0.5) is 13.2 Å². The number of benzene rings is 1. The highest BCUT2D eigenvalue weighted by Crippen LogP contribution is 2.35. The summed E-state index contributed by atoms with van der Waals surface area (Å²) in [6.45, 7) is 3.88. The molecule has 1 aromatic carbocycles. The average molecular weight is 345 g/mol. The van der Waals surface area contributed by atoms with E-state index in [4.69, 9.17) is 10.5 Å². The van der Waals surface area contributed by atoms with Crippen LogP contribution in [0.5, 0.6) is 0 Å². The van der Waals surface area contributed by atoms with E-state index in [1.54, 1.807) is 11.8 Å². The van der Waals surface area contributed by atoms with Crippen LogP contribution in [0.3, 0.4) is 0 Å². The van der Waals surface area contributed by atoms with Crippen LogP contribution in [0.2, 0.25) is 0 Å². The lowest BCUT2D eigenvalue weighted by Crippen LogP contribution is -2.29. The average Bonchev–Trinajstić information content (AvgIpc) is 2.79. The van der Waals surface area contributed by atoms with Crippen LogP contribution in [0.25, 0.3) is 5.57 Å². The highest BCUT2D eigenvalue weighted by molar-refractivity contribution is 7.99. The molecule has 2 N–H and O–H groups in total. The number of thioether (sulfide) groups is 1. The first-order valence-corrected chi connectivity index (χ1v) is 8.30. The fourth-order valence-corrected chi connectivity index (χ4v) is 3.31. The number of ketones is 1. The van der Waals surface area contributed by atoms with Crippen LogP contribution >= 0.6 is 11.8 Å². The molecule has 1 aliphatic heterocycles. The lowest BCUT2D eigenvalue weighted by atomic mass is 9.98. The molecule has 23 heavy (non-hydrogen) atoms. The molecule has 0 radical (unpaired) electrons. The second-order valence-corrected chi connectivity index (χ2v) is 6.78. The fourth-order valence-electron chi connectivity index (χ4n) is 2.35. The zero-order valence-corrected chi connectivity index (χ0v) is 13.6. The lowest BCUT2D eigenvalue weighted by molar-refractivity contribution is -0.137. The van der Waals surface area contributed by atoms with Gasteiger partial charge in [0.1, 0.15) is 0 Å². The Morgan fingerprint density at radius 1 is 1.39 bits per heavy atom. The Morgan fingerprint density at radius 2 is 2.09 bits per heavy atom. The van der Waals surface area contributed by atoms with Crippen LogP contribution in [-0.2, 0) is 15.7 Å². The molecule has 2 unspecified atom stereocenters. The van der Waals surface area contributed by atoms with E-state index >= 15 is 0 Å². The molecule has 0 saturated heterocycles. The number of hydrogen-bond acceptors (Lipinski definition) is 4. The van der Waals surface area contributed by atoms with Gasteiger partial charge in [0.05, 0.1) is 11.1 Å². The predicted octanol–water partition coefficient (Wildman–Crippen LogP) is 3.83. The van der Waals surface area contributed by atoms with E-state index in [0.717, 1.165) is 24.3 Å². The van der Waals surface area contributed by atoms with Crippen LogP contribution < -0.4 is 5.73 Å². The normalized spacial score (nSPS) is 19.9. The zero-order valence-electron chi connectivity index (χ0n) is 12.8. The molecule has 0 fully saturated rings. The summed E-state index contributed by atoms with van der Waals surface area (Å²) < 4.78 is 43.9. The summed E-state index contributed by atoms with van der Waals surface area (Å²) in [6, 6.07) is 4.58. The van der Waals surface area contributed by atoms with E-state index < -0.39 is 17.8 Å². The topological polar surface area (TPSA) is 52.3 Å². The van der Waals surface area contributed by atoms with Crippen LogP contribution in [0.15, 0.2) is 30.1 Å². The summed E-state index contributed by atoms with van der Waals surface area (Å²) in [7, 11) is 0. The van der Waals surface area contributed by atoms with Crippen LogP contribution in [0.1, 0.15) is 31.4 Å². The maximum atomic E-state index is 12.8. The Kier molecular flexibility index (Phi) is 5.29. The van der Waals surface area contributed by atoms with Gasteiger partial charge in [-0.05, 0) is 36.8 Å². The zero-order chi connectivity index (χ0) is 17.2. The van der Waals surface area contributed by atoms with Crippen molar-refractivity contribution in [2.24, 2.45) is 5.73 Å². The number of halogens is 3.